The molecule has 7 heteroatoms. The number of hydrogen-bond acceptors (Lipinski definition) is 2. The zero-order valence-corrected chi connectivity index (χ0v) is 15.3. The molecule has 3 N–H and O–H groups in total. The van der Waals surface area contributed by atoms with Crippen molar-refractivity contribution in [3.8, 4) is 0 Å². The summed E-state index contributed by atoms with van der Waals surface area (Å²) in [5, 5.41) is 15.5. The van der Waals surface area contributed by atoms with Gasteiger partial charge in [-0.3, -0.25) is 0 Å². The zero-order valence-electron chi connectivity index (χ0n) is 13.8. The molecule has 0 bridgehead atoms. The molecular weight excluding hydrogens is 366 g/mol. The van der Waals surface area contributed by atoms with Crippen LogP contribution in [0.4, 0.5) is 9.18 Å². The zero-order chi connectivity index (χ0) is 18.6. The van der Waals surface area contributed by atoms with Crippen LogP contribution in [0.2, 0.25) is 10.0 Å². The Labute approximate surface area is 156 Å². The summed E-state index contributed by atoms with van der Waals surface area (Å²) >= 11 is 11.7. The number of aliphatic hydroxyl groups excluding tert-OH is 1. The van der Waals surface area contributed by atoms with Gasteiger partial charge >= 0.3 is 6.03 Å². The minimum atomic E-state index is -0.821. The summed E-state index contributed by atoms with van der Waals surface area (Å²) in [5.74, 6) is -0.607. The third kappa shape index (κ3) is 5.33. The summed E-state index contributed by atoms with van der Waals surface area (Å²) in [4.78, 5) is 12.0. The molecule has 0 fully saturated rings. The number of carbonyl (C=O) groups excluding carboxylic acids is 1. The first-order valence-electron chi connectivity index (χ1n) is 7.71. The number of aryl methyl sites for hydroxylation is 1. The molecule has 134 valence electrons. The summed E-state index contributed by atoms with van der Waals surface area (Å²) < 4.78 is 13.6. The number of aliphatic hydroxyl groups is 1. The van der Waals surface area contributed by atoms with Gasteiger partial charge in [0.2, 0.25) is 0 Å². The quantitative estimate of drug-likeness (QED) is 0.662. The topological polar surface area (TPSA) is 61.4 Å². The monoisotopic (exact) mass is 384 g/mol. The van der Waals surface area contributed by atoms with Crippen molar-refractivity contribution in [1.29, 1.82) is 0 Å². The Morgan fingerprint density at radius 3 is 2.48 bits per heavy atom. The van der Waals surface area contributed by atoms with E-state index in [0.717, 1.165) is 5.56 Å². The number of rotatable bonds is 5. The molecule has 2 amide bonds. The highest BCUT2D eigenvalue weighted by Gasteiger charge is 2.16. The summed E-state index contributed by atoms with van der Waals surface area (Å²) in [6.45, 7) is 3.67. The molecule has 2 aromatic carbocycles. The second kappa shape index (κ2) is 8.52. The van der Waals surface area contributed by atoms with Gasteiger partial charge in [0.05, 0.1) is 17.2 Å². The molecule has 0 aliphatic carbocycles. The Bertz CT molecular complexity index is 753. The lowest BCUT2D eigenvalue weighted by Crippen LogP contribution is -2.39. The SMILES string of the molecule is Cc1ccc(C(O)CNC(=O)NC(C)c2cc(F)c(Cl)cc2Cl)cc1. The predicted octanol–water partition coefficient (Wildman–Crippen LogP) is 4.53. The maximum absolute atomic E-state index is 13.6. The van der Waals surface area contributed by atoms with Gasteiger partial charge in [-0.2, -0.15) is 0 Å². The number of halogens is 3. The van der Waals surface area contributed by atoms with Crippen LogP contribution in [0.25, 0.3) is 0 Å². The Balaban J connectivity index is 1.91. The van der Waals surface area contributed by atoms with Crippen LogP contribution >= 0.6 is 23.2 Å². The van der Waals surface area contributed by atoms with Gasteiger partial charge in [0, 0.05) is 11.6 Å². The van der Waals surface area contributed by atoms with E-state index in [0.29, 0.717) is 11.1 Å². The first-order chi connectivity index (χ1) is 11.8. The third-order valence-electron chi connectivity index (χ3n) is 3.77. The fourth-order valence-corrected chi connectivity index (χ4v) is 2.84. The first kappa shape index (κ1) is 19.5. The van der Waals surface area contributed by atoms with E-state index in [4.69, 9.17) is 23.2 Å². The van der Waals surface area contributed by atoms with Crippen molar-refractivity contribution >= 4 is 29.2 Å². The lowest BCUT2D eigenvalue weighted by atomic mass is 10.1. The smallest absolute Gasteiger partial charge is 0.315 e. The number of hydrogen-bond donors (Lipinski definition) is 3. The van der Waals surface area contributed by atoms with E-state index in [1.54, 1.807) is 19.1 Å². The number of carbonyl (C=O) groups is 1. The average molecular weight is 385 g/mol. The number of amides is 2. The van der Waals surface area contributed by atoms with Gasteiger partial charge in [0.15, 0.2) is 0 Å². The van der Waals surface area contributed by atoms with Gasteiger partial charge in [-0.05, 0) is 37.1 Å². The van der Waals surface area contributed by atoms with Gasteiger partial charge in [0.1, 0.15) is 5.82 Å². The van der Waals surface area contributed by atoms with Crippen LogP contribution < -0.4 is 10.6 Å². The largest absolute Gasteiger partial charge is 0.387 e. The molecule has 2 aromatic rings. The second-order valence-electron chi connectivity index (χ2n) is 5.79. The van der Waals surface area contributed by atoms with Crippen LogP contribution in [0.5, 0.6) is 0 Å². The van der Waals surface area contributed by atoms with Crippen molar-refractivity contribution < 1.29 is 14.3 Å². The Morgan fingerprint density at radius 1 is 1.20 bits per heavy atom. The Hall–Kier alpha value is -1.82. The summed E-state index contributed by atoms with van der Waals surface area (Å²) in [6, 6.07) is 8.84. The van der Waals surface area contributed by atoms with Crippen LogP contribution in [-0.2, 0) is 0 Å². The highest BCUT2D eigenvalue weighted by molar-refractivity contribution is 6.35. The highest BCUT2D eigenvalue weighted by atomic mass is 35.5. The average Bonchev–Trinajstić information content (AvgIpc) is 2.56. The summed E-state index contributed by atoms with van der Waals surface area (Å²) in [7, 11) is 0. The van der Waals surface area contributed by atoms with E-state index in [2.05, 4.69) is 10.6 Å². The van der Waals surface area contributed by atoms with E-state index in [1.807, 2.05) is 19.1 Å². The molecule has 0 spiro atoms. The van der Waals surface area contributed by atoms with Crippen molar-refractivity contribution in [2.75, 3.05) is 6.54 Å². The number of urea groups is 1. The molecule has 2 unspecified atom stereocenters. The van der Waals surface area contributed by atoms with Gasteiger partial charge in [0.25, 0.3) is 0 Å². The molecule has 0 saturated carbocycles. The van der Waals surface area contributed by atoms with E-state index in [9.17, 15) is 14.3 Å². The summed E-state index contributed by atoms with van der Waals surface area (Å²) in [6.07, 6.45) is -0.821. The first-order valence-corrected chi connectivity index (χ1v) is 8.47. The van der Waals surface area contributed by atoms with Gasteiger partial charge < -0.3 is 15.7 Å². The number of benzene rings is 2. The fourth-order valence-electron chi connectivity index (χ4n) is 2.29. The molecule has 25 heavy (non-hydrogen) atoms. The fraction of sp³-hybridized carbons (Fsp3) is 0.278. The maximum atomic E-state index is 13.6. The van der Waals surface area contributed by atoms with Crippen molar-refractivity contribution in [3.63, 3.8) is 0 Å². The molecule has 2 atom stereocenters. The minimum absolute atomic E-state index is 0.0460. The minimum Gasteiger partial charge on any atom is -0.387 e. The maximum Gasteiger partial charge on any atom is 0.315 e. The Kier molecular flexibility index (Phi) is 6.64. The van der Waals surface area contributed by atoms with E-state index < -0.39 is 24.0 Å². The van der Waals surface area contributed by atoms with Gasteiger partial charge in [-0.15, -0.1) is 0 Å². The van der Waals surface area contributed by atoms with Crippen LogP contribution in [0, 0.1) is 12.7 Å². The molecule has 2 rings (SSSR count). The lowest BCUT2D eigenvalue weighted by Gasteiger charge is -2.18. The van der Waals surface area contributed by atoms with Crippen LogP contribution in [-0.4, -0.2) is 17.7 Å². The standard InChI is InChI=1S/C18H19Cl2FN2O2/c1-10-3-5-12(6-4-10)17(24)9-22-18(25)23-11(2)13-7-16(21)15(20)8-14(13)19/h3-8,11,17,24H,9H2,1-2H3,(H2,22,23,25). The van der Waals surface area contributed by atoms with E-state index >= 15 is 0 Å². The van der Waals surface area contributed by atoms with Crippen LogP contribution in [0.3, 0.4) is 0 Å². The third-order valence-corrected chi connectivity index (χ3v) is 4.39. The predicted molar refractivity (Wildman–Crippen MR) is 97.5 cm³/mol. The molecule has 4 nitrogen and oxygen atoms in total. The molecule has 0 heterocycles. The van der Waals surface area contributed by atoms with Gasteiger partial charge in [-0.25, -0.2) is 9.18 Å². The van der Waals surface area contributed by atoms with Crippen molar-refractivity contribution in [2.24, 2.45) is 0 Å². The van der Waals surface area contributed by atoms with E-state index in [1.165, 1.54) is 12.1 Å². The van der Waals surface area contributed by atoms with E-state index in [-0.39, 0.29) is 16.6 Å². The van der Waals surface area contributed by atoms with Crippen LogP contribution in [0.15, 0.2) is 36.4 Å². The molecule has 0 aliphatic rings. The molecule has 0 radical (unpaired) electrons. The second-order valence-corrected chi connectivity index (χ2v) is 6.60. The van der Waals surface area contributed by atoms with Crippen molar-refractivity contribution in [1.82, 2.24) is 10.6 Å². The molecule has 0 aliphatic heterocycles. The highest BCUT2D eigenvalue weighted by Crippen LogP contribution is 2.28. The number of nitrogens with one attached hydrogen (secondary N) is 2. The van der Waals surface area contributed by atoms with Crippen LogP contribution in [0.1, 0.15) is 35.8 Å². The molecular formula is C18H19Cl2FN2O2. The van der Waals surface area contributed by atoms with Crippen molar-refractivity contribution in [3.05, 3.63) is 69.0 Å². The molecule has 0 saturated heterocycles. The van der Waals surface area contributed by atoms with Gasteiger partial charge in [-0.1, -0.05) is 53.0 Å². The molecule has 0 aromatic heterocycles. The normalized spacial score (nSPS) is 13.2. The Morgan fingerprint density at radius 2 is 1.84 bits per heavy atom. The summed E-state index contributed by atoms with van der Waals surface area (Å²) in [5.41, 5.74) is 2.21. The lowest BCUT2D eigenvalue weighted by molar-refractivity contribution is 0.172. The van der Waals surface area contributed by atoms with Crippen molar-refractivity contribution in [2.45, 2.75) is 26.0 Å².